The summed E-state index contributed by atoms with van der Waals surface area (Å²) in [6.45, 7) is 6.08. The summed E-state index contributed by atoms with van der Waals surface area (Å²) < 4.78 is 7.09. The molecule has 6 heteroatoms. The Morgan fingerprint density at radius 3 is 2.88 bits per heavy atom. The van der Waals surface area contributed by atoms with Crippen molar-refractivity contribution in [2.24, 2.45) is 0 Å². The Hall–Kier alpha value is -2.21. The third-order valence-electron chi connectivity index (χ3n) is 4.32. The minimum absolute atomic E-state index is 0.000548. The van der Waals surface area contributed by atoms with Crippen molar-refractivity contribution >= 4 is 22.8 Å². The smallest absolute Gasteiger partial charge is 0.278 e. The summed E-state index contributed by atoms with van der Waals surface area (Å²) in [6.07, 6.45) is 0.875. The van der Waals surface area contributed by atoms with Gasteiger partial charge in [0.1, 0.15) is 11.3 Å². The van der Waals surface area contributed by atoms with Crippen LogP contribution in [0.2, 0.25) is 0 Å². The molecule has 0 aliphatic rings. The molecule has 0 aliphatic heterocycles. The third-order valence-corrected chi connectivity index (χ3v) is 5.34. The second kappa shape index (κ2) is 7.35. The molecule has 0 amide bonds. The second-order valence-corrected chi connectivity index (χ2v) is 7.12. The van der Waals surface area contributed by atoms with E-state index in [4.69, 9.17) is 9.72 Å². The largest absolute Gasteiger partial charge is 0.497 e. The number of aromatic nitrogens is 3. The van der Waals surface area contributed by atoms with E-state index < -0.39 is 0 Å². The second-order valence-electron chi connectivity index (χ2n) is 6.18. The molecule has 0 aliphatic carbocycles. The molecule has 2 aromatic heterocycles. The monoisotopic (exact) mass is 357 g/mol. The zero-order valence-corrected chi connectivity index (χ0v) is 15.8. The van der Waals surface area contributed by atoms with Crippen molar-refractivity contribution in [3.8, 4) is 5.75 Å². The first-order valence-electron chi connectivity index (χ1n) is 8.41. The maximum atomic E-state index is 12.9. The Balaban J connectivity index is 2.00. The number of thioether (sulfide) groups is 1. The highest BCUT2D eigenvalue weighted by Gasteiger charge is 2.17. The van der Waals surface area contributed by atoms with Gasteiger partial charge in [0, 0.05) is 17.5 Å². The molecule has 5 nitrogen and oxygen atoms in total. The van der Waals surface area contributed by atoms with Gasteiger partial charge in [-0.3, -0.25) is 9.36 Å². The molecule has 1 atom stereocenters. The maximum Gasteiger partial charge on any atom is 0.278 e. The molecule has 1 unspecified atom stereocenters. The summed E-state index contributed by atoms with van der Waals surface area (Å²) in [5.41, 5.74) is 3.41. The van der Waals surface area contributed by atoms with E-state index in [2.05, 4.69) is 24.9 Å². The molecule has 1 aromatic carbocycles. The minimum Gasteiger partial charge on any atom is -0.497 e. The number of rotatable bonds is 6. The lowest BCUT2D eigenvalue weighted by Gasteiger charge is -2.17. The molecule has 0 radical (unpaired) electrons. The van der Waals surface area contributed by atoms with Crippen molar-refractivity contribution < 1.29 is 4.74 Å². The molecular formula is C19H23N3O2S. The predicted molar refractivity (Wildman–Crippen MR) is 103 cm³/mol. The summed E-state index contributed by atoms with van der Waals surface area (Å²) in [6, 6.07) is 9.99. The number of H-pyrrole nitrogens is 1. The Morgan fingerprint density at radius 1 is 1.36 bits per heavy atom. The lowest BCUT2D eigenvalue weighted by atomic mass is 10.2. The molecule has 1 N–H and O–H groups in total. The highest BCUT2D eigenvalue weighted by Crippen LogP contribution is 2.26. The van der Waals surface area contributed by atoms with Gasteiger partial charge in [0.15, 0.2) is 5.16 Å². The molecule has 3 rings (SSSR count). The van der Waals surface area contributed by atoms with Gasteiger partial charge in [0.25, 0.3) is 5.56 Å². The number of aryl methyl sites for hydroxylation is 1. The van der Waals surface area contributed by atoms with E-state index in [-0.39, 0.29) is 11.6 Å². The Labute approximate surface area is 151 Å². The van der Waals surface area contributed by atoms with E-state index in [0.717, 1.165) is 39.9 Å². The number of aromatic amines is 1. The molecule has 0 saturated carbocycles. The Bertz CT molecular complexity index is 945. The van der Waals surface area contributed by atoms with Crippen molar-refractivity contribution in [1.29, 1.82) is 0 Å². The van der Waals surface area contributed by atoms with Crippen LogP contribution in [0.3, 0.4) is 0 Å². The SMILES string of the molecule is CCC(C)n1c(SCc2cccc(OC)c2)nc2cc(C)[nH]c2c1=O. The summed E-state index contributed by atoms with van der Waals surface area (Å²) >= 11 is 1.58. The summed E-state index contributed by atoms with van der Waals surface area (Å²) in [7, 11) is 1.66. The zero-order chi connectivity index (χ0) is 18.0. The number of benzene rings is 1. The van der Waals surface area contributed by atoms with Crippen LogP contribution in [-0.4, -0.2) is 21.6 Å². The van der Waals surface area contributed by atoms with Gasteiger partial charge in [-0.15, -0.1) is 0 Å². The lowest BCUT2D eigenvalue weighted by molar-refractivity contribution is 0.414. The highest BCUT2D eigenvalue weighted by atomic mass is 32.2. The zero-order valence-electron chi connectivity index (χ0n) is 15.0. The first-order valence-corrected chi connectivity index (χ1v) is 9.39. The summed E-state index contributed by atoms with van der Waals surface area (Å²) in [5.74, 6) is 1.57. The fraction of sp³-hybridized carbons (Fsp3) is 0.368. The molecule has 0 saturated heterocycles. The Morgan fingerprint density at radius 2 is 2.16 bits per heavy atom. The number of ether oxygens (including phenoxy) is 1. The van der Waals surface area contributed by atoms with Gasteiger partial charge in [-0.2, -0.15) is 0 Å². The number of fused-ring (bicyclic) bond motifs is 1. The highest BCUT2D eigenvalue weighted by molar-refractivity contribution is 7.98. The molecule has 3 aromatic rings. The summed E-state index contributed by atoms with van der Waals surface area (Å²) in [4.78, 5) is 20.8. The van der Waals surface area contributed by atoms with Gasteiger partial charge in [-0.25, -0.2) is 4.98 Å². The van der Waals surface area contributed by atoms with Crippen molar-refractivity contribution in [1.82, 2.24) is 14.5 Å². The van der Waals surface area contributed by atoms with Crippen LogP contribution < -0.4 is 10.3 Å². The molecule has 25 heavy (non-hydrogen) atoms. The number of hydrogen-bond donors (Lipinski definition) is 1. The Kier molecular flexibility index (Phi) is 5.18. The molecular weight excluding hydrogens is 334 g/mol. The van der Waals surface area contributed by atoms with Gasteiger partial charge < -0.3 is 9.72 Å². The summed E-state index contributed by atoms with van der Waals surface area (Å²) in [5, 5.41) is 0.758. The average Bonchev–Trinajstić information content (AvgIpc) is 3.00. The van der Waals surface area contributed by atoms with Gasteiger partial charge in [-0.1, -0.05) is 30.8 Å². The number of hydrogen-bond acceptors (Lipinski definition) is 4. The fourth-order valence-corrected chi connectivity index (χ4v) is 3.81. The first kappa shape index (κ1) is 17.6. The van der Waals surface area contributed by atoms with Crippen molar-refractivity contribution in [3.63, 3.8) is 0 Å². The fourth-order valence-electron chi connectivity index (χ4n) is 2.77. The van der Waals surface area contributed by atoms with Crippen LogP contribution in [0.4, 0.5) is 0 Å². The van der Waals surface area contributed by atoms with E-state index >= 15 is 0 Å². The normalized spacial score (nSPS) is 12.5. The van der Waals surface area contributed by atoms with Crippen molar-refractivity contribution in [3.05, 3.63) is 51.9 Å². The van der Waals surface area contributed by atoms with Crippen LogP contribution in [-0.2, 0) is 5.75 Å². The van der Waals surface area contributed by atoms with Crippen molar-refractivity contribution in [2.45, 2.75) is 44.1 Å². The van der Waals surface area contributed by atoms with Gasteiger partial charge >= 0.3 is 0 Å². The molecule has 0 spiro atoms. The van der Waals surface area contributed by atoms with Crippen molar-refractivity contribution in [2.75, 3.05) is 7.11 Å². The average molecular weight is 357 g/mol. The maximum absolute atomic E-state index is 12.9. The van der Waals surface area contributed by atoms with Gasteiger partial charge in [0.2, 0.25) is 0 Å². The molecule has 132 valence electrons. The lowest BCUT2D eigenvalue weighted by Crippen LogP contribution is -2.26. The number of nitrogens with zero attached hydrogens (tertiary/aromatic N) is 2. The van der Waals surface area contributed by atoms with E-state index in [1.54, 1.807) is 18.9 Å². The van der Waals surface area contributed by atoms with Crippen LogP contribution in [0.1, 0.15) is 37.6 Å². The van der Waals surface area contributed by atoms with E-state index in [9.17, 15) is 4.79 Å². The molecule has 0 fully saturated rings. The van der Waals surface area contributed by atoms with E-state index in [0.29, 0.717) is 5.52 Å². The third kappa shape index (κ3) is 3.58. The topological polar surface area (TPSA) is 59.9 Å². The van der Waals surface area contributed by atoms with Gasteiger partial charge in [0.05, 0.1) is 12.6 Å². The quantitative estimate of drug-likeness (QED) is 0.528. The minimum atomic E-state index is 0.000548. The van der Waals surface area contributed by atoms with Crippen LogP contribution in [0.25, 0.3) is 11.0 Å². The van der Waals surface area contributed by atoms with Crippen LogP contribution in [0.15, 0.2) is 40.3 Å². The van der Waals surface area contributed by atoms with E-state index in [1.807, 2.05) is 35.8 Å². The number of methoxy groups -OCH3 is 1. The molecule has 0 bridgehead atoms. The van der Waals surface area contributed by atoms with Crippen LogP contribution in [0.5, 0.6) is 5.75 Å². The van der Waals surface area contributed by atoms with E-state index in [1.165, 1.54) is 0 Å². The first-order chi connectivity index (χ1) is 12.0. The number of nitrogens with one attached hydrogen (secondary N) is 1. The predicted octanol–water partition coefficient (Wildman–Crippen LogP) is 4.30. The standard InChI is InChI=1S/C19H23N3O2S/c1-5-13(3)22-18(23)17-16(9-12(2)20-17)21-19(22)25-11-14-7-6-8-15(10-14)24-4/h6-10,13,20H,5,11H2,1-4H3. The van der Waals surface area contributed by atoms with Gasteiger partial charge in [-0.05, 0) is 44.0 Å². The van der Waals surface area contributed by atoms with Crippen LogP contribution >= 0.6 is 11.8 Å². The van der Waals surface area contributed by atoms with Crippen LogP contribution in [0, 0.1) is 6.92 Å². The molecule has 2 heterocycles.